The van der Waals surface area contributed by atoms with E-state index in [-0.39, 0.29) is 17.9 Å². The van der Waals surface area contributed by atoms with Crippen LogP contribution in [0.1, 0.15) is 33.2 Å². The van der Waals surface area contributed by atoms with Crippen molar-refractivity contribution in [3.8, 4) is 11.5 Å². The number of carbonyl (C=O) groups excluding carboxylic acids is 3. The Kier molecular flexibility index (Phi) is 6.83. The van der Waals surface area contributed by atoms with Gasteiger partial charge in [-0.15, -0.1) is 0 Å². The first-order valence-corrected chi connectivity index (χ1v) is 9.31. The summed E-state index contributed by atoms with van der Waals surface area (Å²) in [5.74, 6) is -1.16. The van der Waals surface area contributed by atoms with Gasteiger partial charge in [0.15, 0.2) is 0 Å². The molecule has 0 aromatic heterocycles. The maximum Gasteiger partial charge on any atom is 0.343 e. The van der Waals surface area contributed by atoms with Crippen LogP contribution in [0.25, 0.3) is 0 Å². The van der Waals surface area contributed by atoms with E-state index in [9.17, 15) is 14.4 Å². The highest BCUT2D eigenvalue weighted by atomic mass is 35.5. The summed E-state index contributed by atoms with van der Waals surface area (Å²) in [6, 6.07) is 19.2. The number of hydrogen-bond donors (Lipinski definition) is 0. The molecule has 0 unspecified atom stereocenters. The second kappa shape index (κ2) is 9.71. The number of ether oxygens (including phenoxy) is 3. The molecule has 0 N–H and O–H groups in total. The van der Waals surface area contributed by atoms with Crippen LogP contribution < -0.4 is 9.47 Å². The molecule has 0 amide bonds. The lowest BCUT2D eigenvalue weighted by Crippen LogP contribution is -2.11. The average molecular weight is 425 g/mol. The van der Waals surface area contributed by atoms with Gasteiger partial charge in [0.1, 0.15) is 23.7 Å². The lowest BCUT2D eigenvalue weighted by Gasteiger charge is -2.09. The van der Waals surface area contributed by atoms with Crippen LogP contribution in [0.15, 0.2) is 72.8 Å². The van der Waals surface area contributed by atoms with Crippen LogP contribution in [-0.2, 0) is 16.1 Å². The molecule has 0 saturated carbocycles. The third kappa shape index (κ3) is 5.68. The molecule has 6 nitrogen and oxygen atoms in total. The minimum Gasteiger partial charge on any atom is -0.457 e. The Morgan fingerprint density at radius 3 is 2.13 bits per heavy atom. The molecule has 7 heteroatoms. The molecule has 0 bridgehead atoms. The van der Waals surface area contributed by atoms with Gasteiger partial charge in [-0.2, -0.15) is 0 Å². The molecule has 0 aliphatic heterocycles. The Balaban J connectivity index is 1.59. The zero-order valence-corrected chi connectivity index (χ0v) is 16.7. The number of para-hydroxylation sites is 1. The first-order chi connectivity index (χ1) is 14.4. The fourth-order valence-electron chi connectivity index (χ4n) is 2.51. The zero-order valence-electron chi connectivity index (χ0n) is 16.0. The number of rotatable bonds is 6. The summed E-state index contributed by atoms with van der Waals surface area (Å²) in [4.78, 5) is 35.7. The van der Waals surface area contributed by atoms with Crippen LogP contribution in [0.5, 0.6) is 11.5 Å². The van der Waals surface area contributed by atoms with Crippen molar-refractivity contribution in [2.24, 2.45) is 0 Å². The van der Waals surface area contributed by atoms with E-state index in [0.717, 1.165) is 0 Å². The van der Waals surface area contributed by atoms with Crippen LogP contribution in [0.3, 0.4) is 0 Å². The van der Waals surface area contributed by atoms with Crippen LogP contribution in [0, 0.1) is 0 Å². The smallest absolute Gasteiger partial charge is 0.343 e. The molecule has 0 radical (unpaired) electrons. The Labute approximate surface area is 177 Å². The number of hydrogen-bond acceptors (Lipinski definition) is 6. The molecule has 0 spiro atoms. The van der Waals surface area contributed by atoms with E-state index >= 15 is 0 Å². The molecule has 152 valence electrons. The Bertz CT molecular complexity index is 1060. The van der Waals surface area contributed by atoms with Crippen LogP contribution in [0.4, 0.5) is 0 Å². The highest BCUT2D eigenvalue weighted by Gasteiger charge is 2.15. The molecular weight excluding hydrogens is 408 g/mol. The van der Waals surface area contributed by atoms with E-state index in [1.54, 1.807) is 60.7 Å². The van der Waals surface area contributed by atoms with Crippen molar-refractivity contribution in [3.63, 3.8) is 0 Å². The second-order valence-corrected chi connectivity index (χ2v) is 6.64. The summed E-state index contributed by atoms with van der Waals surface area (Å²) in [7, 11) is 0. The molecule has 0 aliphatic rings. The summed E-state index contributed by atoms with van der Waals surface area (Å²) in [5, 5.41) is 0.546. The Hall–Kier alpha value is -3.64. The predicted octanol–water partition coefficient (Wildman–Crippen LogP) is 4.84. The monoisotopic (exact) mass is 424 g/mol. The van der Waals surface area contributed by atoms with Crippen molar-refractivity contribution in [1.29, 1.82) is 0 Å². The summed E-state index contributed by atoms with van der Waals surface area (Å²) in [6.45, 7) is 1.24. The van der Waals surface area contributed by atoms with Gasteiger partial charge in [0.2, 0.25) is 0 Å². The minimum absolute atomic E-state index is 0.0141. The van der Waals surface area contributed by atoms with Gasteiger partial charge in [-0.1, -0.05) is 35.9 Å². The molecule has 3 rings (SSSR count). The van der Waals surface area contributed by atoms with Gasteiger partial charge in [0.25, 0.3) is 0 Å². The van der Waals surface area contributed by atoms with E-state index in [2.05, 4.69) is 0 Å². The molecule has 0 heterocycles. The highest BCUT2D eigenvalue weighted by Crippen LogP contribution is 2.20. The molecule has 0 saturated heterocycles. The van der Waals surface area contributed by atoms with E-state index in [1.165, 1.54) is 19.1 Å². The number of halogens is 1. The zero-order chi connectivity index (χ0) is 21.5. The molecule has 30 heavy (non-hydrogen) atoms. The molecule has 3 aromatic rings. The molecule has 0 atom stereocenters. The highest BCUT2D eigenvalue weighted by molar-refractivity contribution is 6.30. The predicted molar refractivity (Wildman–Crippen MR) is 110 cm³/mol. The SMILES string of the molecule is CC(=O)Oc1ccccc1C(=O)OCc1ccc(C(=O)Oc2ccc(Cl)cc2)cc1. The third-order valence-corrected chi connectivity index (χ3v) is 4.20. The van der Waals surface area contributed by atoms with Crippen molar-refractivity contribution in [2.75, 3.05) is 0 Å². The third-order valence-electron chi connectivity index (χ3n) is 3.94. The van der Waals surface area contributed by atoms with Crippen molar-refractivity contribution < 1.29 is 28.6 Å². The summed E-state index contributed by atoms with van der Waals surface area (Å²) < 4.78 is 15.6. The van der Waals surface area contributed by atoms with Gasteiger partial charge in [-0.25, -0.2) is 9.59 Å². The maximum absolute atomic E-state index is 12.3. The van der Waals surface area contributed by atoms with Gasteiger partial charge in [0, 0.05) is 11.9 Å². The lowest BCUT2D eigenvalue weighted by atomic mass is 10.1. The van der Waals surface area contributed by atoms with Crippen molar-refractivity contribution in [2.45, 2.75) is 13.5 Å². The van der Waals surface area contributed by atoms with Crippen molar-refractivity contribution >= 4 is 29.5 Å². The maximum atomic E-state index is 12.3. The Morgan fingerprint density at radius 1 is 0.800 bits per heavy atom. The standard InChI is InChI=1S/C23H17ClO6/c1-15(25)29-21-5-3-2-4-20(21)23(27)28-14-16-6-8-17(9-7-16)22(26)30-19-12-10-18(24)11-13-19/h2-13H,14H2,1H3. The van der Waals surface area contributed by atoms with E-state index < -0.39 is 17.9 Å². The first-order valence-electron chi connectivity index (χ1n) is 8.93. The van der Waals surface area contributed by atoms with E-state index in [0.29, 0.717) is 21.9 Å². The van der Waals surface area contributed by atoms with E-state index in [1.807, 2.05) is 0 Å². The van der Waals surface area contributed by atoms with Gasteiger partial charge in [-0.05, 0) is 54.1 Å². The molecule has 3 aromatic carbocycles. The molecular formula is C23H17ClO6. The van der Waals surface area contributed by atoms with Gasteiger partial charge in [0.05, 0.1) is 5.56 Å². The number of carbonyl (C=O) groups is 3. The largest absolute Gasteiger partial charge is 0.457 e. The fraction of sp³-hybridized carbons (Fsp3) is 0.0870. The van der Waals surface area contributed by atoms with Crippen LogP contribution in [0.2, 0.25) is 5.02 Å². The molecule has 0 fully saturated rings. The van der Waals surface area contributed by atoms with Gasteiger partial charge < -0.3 is 14.2 Å². The summed E-state index contributed by atoms with van der Waals surface area (Å²) in [5.41, 5.74) is 1.17. The van der Waals surface area contributed by atoms with E-state index in [4.69, 9.17) is 25.8 Å². The van der Waals surface area contributed by atoms with Crippen molar-refractivity contribution in [1.82, 2.24) is 0 Å². The Morgan fingerprint density at radius 2 is 1.47 bits per heavy atom. The fourth-order valence-corrected chi connectivity index (χ4v) is 2.64. The van der Waals surface area contributed by atoms with Gasteiger partial charge >= 0.3 is 17.9 Å². The molecule has 0 aliphatic carbocycles. The quantitative estimate of drug-likeness (QED) is 0.416. The lowest BCUT2D eigenvalue weighted by molar-refractivity contribution is -0.131. The topological polar surface area (TPSA) is 78.9 Å². The first kappa shape index (κ1) is 21.1. The number of esters is 3. The van der Waals surface area contributed by atoms with Gasteiger partial charge in [-0.3, -0.25) is 4.79 Å². The minimum atomic E-state index is -0.627. The second-order valence-electron chi connectivity index (χ2n) is 6.21. The number of benzene rings is 3. The van der Waals surface area contributed by atoms with Crippen molar-refractivity contribution in [3.05, 3.63) is 94.5 Å². The summed E-state index contributed by atoms with van der Waals surface area (Å²) in [6.07, 6.45) is 0. The average Bonchev–Trinajstić information content (AvgIpc) is 2.74. The van der Waals surface area contributed by atoms with Crippen LogP contribution in [-0.4, -0.2) is 17.9 Å². The van der Waals surface area contributed by atoms with Crippen LogP contribution >= 0.6 is 11.6 Å². The normalized spacial score (nSPS) is 10.2. The summed E-state index contributed by atoms with van der Waals surface area (Å²) >= 11 is 5.81.